The molecule has 1 saturated heterocycles. The van der Waals surface area contributed by atoms with Gasteiger partial charge in [-0.05, 0) is 18.0 Å². The molecule has 0 spiro atoms. The van der Waals surface area contributed by atoms with Gasteiger partial charge < -0.3 is 14.7 Å². The summed E-state index contributed by atoms with van der Waals surface area (Å²) < 4.78 is 32.6. The minimum absolute atomic E-state index is 0.183. The first-order valence-corrected chi connectivity index (χ1v) is 6.28. The van der Waals surface area contributed by atoms with Crippen molar-refractivity contribution in [2.45, 2.75) is 18.4 Å². The minimum atomic E-state index is -0.956. The van der Waals surface area contributed by atoms with Crippen LogP contribution in [0, 0.1) is 16.5 Å². The van der Waals surface area contributed by atoms with Crippen LogP contribution in [0.5, 0.6) is 0 Å². The molecule has 0 unspecified atom stereocenters. The van der Waals surface area contributed by atoms with Gasteiger partial charge in [0.1, 0.15) is 11.4 Å². The van der Waals surface area contributed by atoms with Crippen molar-refractivity contribution in [1.29, 1.82) is 0 Å². The molecule has 0 radical (unpaired) electrons. The molecule has 0 saturated carbocycles. The number of methoxy groups -OCH3 is 1. The van der Waals surface area contributed by atoms with Gasteiger partial charge in [-0.3, -0.25) is 0 Å². The number of hydrogen-bond acceptors (Lipinski definition) is 5. The SMILES string of the molecule is COCC1(O)CCN(c2c(F)cc(N=O)cc2F)CC1. The highest BCUT2D eigenvalue weighted by Gasteiger charge is 2.34. The Bertz CT molecular complexity index is 479. The standard InChI is InChI=1S/C13H16F2N2O3/c1-20-8-13(18)2-4-17(5-3-13)12-10(14)6-9(16-19)7-11(12)15/h6-7,18H,2-5,8H2,1H3. The number of ether oxygens (including phenoxy) is 1. The lowest BCUT2D eigenvalue weighted by Gasteiger charge is -2.39. The van der Waals surface area contributed by atoms with Gasteiger partial charge >= 0.3 is 0 Å². The van der Waals surface area contributed by atoms with Crippen LogP contribution in [0.3, 0.4) is 0 Å². The number of nitroso groups, excluding NO2 is 1. The predicted octanol–water partition coefficient (Wildman–Crippen LogP) is 2.34. The number of halogens is 2. The maximum Gasteiger partial charge on any atom is 0.151 e. The summed E-state index contributed by atoms with van der Waals surface area (Å²) in [5.41, 5.74) is -1.42. The highest BCUT2D eigenvalue weighted by molar-refractivity contribution is 5.55. The van der Waals surface area contributed by atoms with Crippen molar-refractivity contribution in [3.8, 4) is 0 Å². The Morgan fingerprint density at radius 1 is 1.35 bits per heavy atom. The van der Waals surface area contributed by atoms with Crippen LogP contribution in [-0.4, -0.2) is 37.5 Å². The molecule has 0 atom stereocenters. The topological polar surface area (TPSA) is 62.1 Å². The van der Waals surface area contributed by atoms with E-state index in [0.29, 0.717) is 25.9 Å². The second-order valence-electron chi connectivity index (χ2n) is 4.99. The summed E-state index contributed by atoms with van der Waals surface area (Å²) in [5.74, 6) is -1.64. The van der Waals surface area contributed by atoms with Crippen LogP contribution in [0.1, 0.15) is 12.8 Å². The number of anilines is 1. The lowest BCUT2D eigenvalue weighted by molar-refractivity contribution is -0.0473. The summed E-state index contributed by atoms with van der Waals surface area (Å²) in [6.45, 7) is 0.808. The van der Waals surface area contributed by atoms with E-state index in [4.69, 9.17) is 4.74 Å². The lowest BCUT2D eigenvalue weighted by Crippen LogP contribution is -2.47. The summed E-state index contributed by atoms with van der Waals surface area (Å²) >= 11 is 0. The molecular formula is C13H16F2N2O3. The molecule has 1 aromatic carbocycles. The maximum absolute atomic E-state index is 13.9. The van der Waals surface area contributed by atoms with Crippen LogP contribution in [0.4, 0.5) is 20.2 Å². The fourth-order valence-electron chi connectivity index (χ4n) is 2.47. The van der Waals surface area contributed by atoms with E-state index < -0.39 is 17.2 Å². The van der Waals surface area contributed by atoms with E-state index in [9.17, 15) is 18.8 Å². The molecule has 7 heteroatoms. The van der Waals surface area contributed by atoms with Crippen LogP contribution in [0.15, 0.2) is 17.3 Å². The van der Waals surface area contributed by atoms with Crippen LogP contribution in [-0.2, 0) is 4.74 Å². The quantitative estimate of drug-likeness (QED) is 0.863. The zero-order valence-electron chi connectivity index (χ0n) is 11.1. The van der Waals surface area contributed by atoms with Gasteiger partial charge in [0.05, 0.1) is 12.2 Å². The number of benzene rings is 1. The van der Waals surface area contributed by atoms with Gasteiger partial charge in [-0.1, -0.05) is 0 Å². The van der Waals surface area contributed by atoms with Crippen LogP contribution < -0.4 is 4.90 Å². The number of nitrogens with zero attached hydrogens (tertiary/aromatic N) is 2. The van der Waals surface area contributed by atoms with E-state index in [0.717, 1.165) is 12.1 Å². The molecule has 1 N–H and O–H groups in total. The molecule has 20 heavy (non-hydrogen) atoms. The maximum atomic E-state index is 13.9. The van der Waals surface area contributed by atoms with Gasteiger partial charge in [0.15, 0.2) is 11.6 Å². The smallest absolute Gasteiger partial charge is 0.151 e. The monoisotopic (exact) mass is 286 g/mol. The Kier molecular flexibility index (Phi) is 4.29. The van der Waals surface area contributed by atoms with Crippen molar-refractivity contribution in [2.75, 3.05) is 31.7 Å². The third kappa shape index (κ3) is 2.94. The third-order valence-electron chi connectivity index (χ3n) is 3.53. The highest BCUT2D eigenvalue weighted by Crippen LogP contribution is 2.32. The first kappa shape index (κ1) is 14.8. The molecule has 1 aliphatic rings. The molecule has 1 aliphatic heterocycles. The zero-order chi connectivity index (χ0) is 14.8. The summed E-state index contributed by atoms with van der Waals surface area (Å²) in [7, 11) is 1.49. The van der Waals surface area contributed by atoms with Gasteiger partial charge in [-0.25, -0.2) is 8.78 Å². The van der Waals surface area contributed by atoms with E-state index in [1.807, 2.05) is 0 Å². The molecule has 0 aliphatic carbocycles. The number of hydrogen-bond donors (Lipinski definition) is 1. The van der Waals surface area contributed by atoms with Crippen LogP contribution in [0.2, 0.25) is 0 Å². The van der Waals surface area contributed by atoms with Gasteiger partial charge in [0.25, 0.3) is 0 Å². The summed E-state index contributed by atoms with van der Waals surface area (Å²) in [6.07, 6.45) is 0.709. The first-order valence-electron chi connectivity index (χ1n) is 6.28. The van der Waals surface area contributed by atoms with E-state index in [1.165, 1.54) is 12.0 Å². The summed E-state index contributed by atoms with van der Waals surface area (Å²) in [5, 5.41) is 12.7. The molecule has 0 aromatic heterocycles. The molecule has 5 nitrogen and oxygen atoms in total. The van der Waals surface area contributed by atoms with E-state index >= 15 is 0 Å². The highest BCUT2D eigenvalue weighted by atomic mass is 19.1. The van der Waals surface area contributed by atoms with Crippen molar-refractivity contribution in [3.05, 3.63) is 28.7 Å². The zero-order valence-corrected chi connectivity index (χ0v) is 11.1. The van der Waals surface area contributed by atoms with Crippen molar-refractivity contribution in [2.24, 2.45) is 5.18 Å². The van der Waals surface area contributed by atoms with Gasteiger partial charge in [0, 0.05) is 32.3 Å². The minimum Gasteiger partial charge on any atom is -0.387 e. The molecular weight excluding hydrogens is 270 g/mol. The Balaban J connectivity index is 2.17. The van der Waals surface area contributed by atoms with Crippen molar-refractivity contribution in [3.63, 3.8) is 0 Å². The molecule has 110 valence electrons. The fourth-order valence-corrected chi connectivity index (χ4v) is 2.47. The molecule has 1 aromatic rings. The second-order valence-corrected chi connectivity index (χ2v) is 4.99. The Morgan fingerprint density at radius 3 is 2.35 bits per heavy atom. The van der Waals surface area contributed by atoms with E-state index in [-0.39, 0.29) is 18.0 Å². The predicted molar refractivity (Wildman–Crippen MR) is 70.1 cm³/mol. The van der Waals surface area contributed by atoms with Crippen LogP contribution >= 0.6 is 0 Å². The molecule has 0 bridgehead atoms. The number of aliphatic hydroxyl groups is 1. The Labute approximate surface area is 115 Å². The second kappa shape index (κ2) is 5.80. The summed E-state index contributed by atoms with van der Waals surface area (Å²) in [6, 6.07) is 1.81. The molecule has 1 fully saturated rings. The molecule has 0 amide bonds. The molecule has 1 heterocycles. The van der Waals surface area contributed by atoms with Crippen molar-refractivity contribution in [1.82, 2.24) is 0 Å². The van der Waals surface area contributed by atoms with E-state index in [2.05, 4.69) is 5.18 Å². The number of rotatable bonds is 4. The van der Waals surface area contributed by atoms with Gasteiger partial charge in [-0.15, -0.1) is 4.91 Å². The van der Waals surface area contributed by atoms with Gasteiger partial charge in [-0.2, -0.15) is 0 Å². The largest absolute Gasteiger partial charge is 0.387 e. The Hall–Kier alpha value is -1.60. The van der Waals surface area contributed by atoms with Crippen molar-refractivity contribution >= 4 is 11.4 Å². The average Bonchev–Trinajstić information content (AvgIpc) is 2.40. The Morgan fingerprint density at radius 2 is 1.90 bits per heavy atom. The average molecular weight is 286 g/mol. The summed E-state index contributed by atoms with van der Waals surface area (Å²) in [4.78, 5) is 11.8. The molecule has 2 rings (SSSR count). The van der Waals surface area contributed by atoms with Crippen LogP contribution in [0.25, 0.3) is 0 Å². The normalized spacial score (nSPS) is 18.1. The fraction of sp³-hybridized carbons (Fsp3) is 0.538. The lowest BCUT2D eigenvalue weighted by atomic mass is 9.92. The van der Waals surface area contributed by atoms with Crippen molar-refractivity contribution < 1.29 is 18.6 Å². The van der Waals surface area contributed by atoms with E-state index in [1.54, 1.807) is 0 Å². The third-order valence-corrected chi connectivity index (χ3v) is 3.53. The van der Waals surface area contributed by atoms with Gasteiger partial charge in [0.2, 0.25) is 0 Å². The first-order chi connectivity index (χ1) is 9.49. The number of piperidine rings is 1.